The van der Waals surface area contributed by atoms with Gasteiger partial charge in [0.05, 0.1) is 11.2 Å². The molecule has 104 valence electrons. The van der Waals surface area contributed by atoms with Crippen LogP contribution in [0.1, 0.15) is 16.7 Å². The molecule has 1 heteroatoms. The van der Waals surface area contributed by atoms with Crippen LogP contribution in [0.15, 0.2) is 60.7 Å². The number of benzene rings is 3. The number of nitrogens with zero attached hydrogens (tertiary/aromatic N) is 1. The first kappa shape index (κ1) is 11.9. The number of aromatic nitrogens is 1. The lowest BCUT2D eigenvalue weighted by atomic mass is 9.96. The van der Waals surface area contributed by atoms with Crippen molar-refractivity contribution in [3.63, 3.8) is 0 Å². The predicted octanol–water partition coefficient (Wildman–Crippen LogP) is 5.27. The topological polar surface area (TPSA) is 12.9 Å². The Morgan fingerprint density at radius 1 is 0.818 bits per heavy atom. The lowest BCUT2D eigenvalue weighted by Gasteiger charge is -2.10. The van der Waals surface area contributed by atoms with Gasteiger partial charge in [-0.15, -0.1) is 0 Å². The maximum absolute atomic E-state index is 4.96. The van der Waals surface area contributed by atoms with E-state index in [0.29, 0.717) is 0 Å². The average molecular weight is 281 g/mol. The summed E-state index contributed by atoms with van der Waals surface area (Å²) in [6.07, 6.45) is 0.994. The zero-order chi connectivity index (χ0) is 14.7. The molecule has 5 rings (SSSR count). The summed E-state index contributed by atoms with van der Waals surface area (Å²) >= 11 is 0. The van der Waals surface area contributed by atoms with E-state index in [4.69, 9.17) is 4.98 Å². The summed E-state index contributed by atoms with van der Waals surface area (Å²) < 4.78 is 0. The molecule has 1 aromatic heterocycles. The third-order valence-corrected chi connectivity index (χ3v) is 4.81. The molecular weight excluding hydrogens is 266 g/mol. The van der Waals surface area contributed by atoms with E-state index in [1.165, 1.54) is 44.1 Å². The molecule has 0 bridgehead atoms. The van der Waals surface area contributed by atoms with E-state index in [1.807, 2.05) is 0 Å². The molecule has 1 nitrogen and oxygen atoms in total. The molecule has 22 heavy (non-hydrogen) atoms. The highest BCUT2D eigenvalue weighted by atomic mass is 14.7. The molecule has 0 saturated heterocycles. The summed E-state index contributed by atoms with van der Waals surface area (Å²) in [4.78, 5) is 4.96. The second-order valence-corrected chi connectivity index (χ2v) is 6.12. The summed E-state index contributed by atoms with van der Waals surface area (Å²) in [5.41, 5.74) is 7.73. The Labute approximate surface area is 129 Å². The third-order valence-electron chi connectivity index (χ3n) is 4.81. The molecule has 0 saturated carbocycles. The van der Waals surface area contributed by atoms with Crippen LogP contribution in [-0.2, 0) is 6.42 Å². The van der Waals surface area contributed by atoms with E-state index in [2.05, 4.69) is 67.6 Å². The van der Waals surface area contributed by atoms with Gasteiger partial charge >= 0.3 is 0 Å². The highest BCUT2D eigenvalue weighted by Gasteiger charge is 2.23. The van der Waals surface area contributed by atoms with Gasteiger partial charge in [0, 0.05) is 17.4 Å². The summed E-state index contributed by atoms with van der Waals surface area (Å²) in [5, 5.41) is 3.90. The molecule has 0 atom stereocenters. The molecule has 4 aromatic rings. The summed E-state index contributed by atoms with van der Waals surface area (Å²) in [6.45, 7) is 2.23. The van der Waals surface area contributed by atoms with Gasteiger partial charge in [0.2, 0.25) is 0 Å². The minimum atomic E-state index is 0.994. The number of fused-ring (bicyclic) bond motifs is 5. The number of hydrogen-bond acceptors (Lipinski definition) is 1. The zero-order valence-electron chi connectivity index (χ0n) is 12.4. The first-order chi connectivity index (χ1) is 10.8. The van der Waals surface area contributed by atoms with Crippen LogP contribution >= 0.6 is 0 Å². The molecule has 0 N–H and O–H groups in total. The zero-order valence-corrected chi connectivity index (χ0v) is 12.4. The largest absolute Gasteiger partial charge is 0.247 e. The summed E-state index contributed by atoms with van der Waals surface area (Å²) in [6, 6.07) is 21.7. The van der Waals surface area contributed by atoms with Gasteiger partial charge < -0.3 is 0 Å². The van der Waals surface area contributed by atoms with Crippen LogP contribution in [0.4, 0.5) is 0 Å². The van der Waals surface area contributed by atoms with Gasteiger partial charge in [-0.05, 0) is 46.5 Å². The van der Waals surface area contributed by atoms with Crippen LogP contribution in [0.25, 0.3) is 32.9 Å². The second-order valence-electron chi connectivity index (χ2n) is 6.12. The van der Waals surface area contributed by atoms with Crippen LogP contribution in [0.5, 0.6) is 0 Å². The number of para-hydroxylation sites is 1. The molecular formula is C21H15N. The normalized spacial score (nSPS) is 12.6. The van der Waals surface area contributed by atoms with Gasteiger partial charge in [-0.3, -0.25) is 0 Å². The number of aryl methyl sites for hydroxylation is 1. The Bertz CT molecular complexity index is 1060. The molecule has 1 heterocycles. The van der Waals surface area contributed by atoms with Crippen molar-refractivity contribution in [3.8, 4) is 11.3 Å². The van der Waals surface area contributed by atoms with Crippen molar-refractivity contribution >= 4 is 21.7 Å². The molecule has 1 aliphatic carbocycles. The summed E-state index contributed by atoms with van der Waals surface area (Å²) in [5.74, 6) is 0. The summed E-state index contributed by atoms with van der Waals surface area (Å²) in [7, 11) is 0. The maximum atomic E-state index is 4.96. The standard InChI is InChI=1S/C21H15N/c1-13-18-8-4-2-6-14(18)10-16-12-17-11-15-7-3-5-9-19(15)22-21(17)20(13)16/h2-11H,12H2,1H3. The van der Waals surface area contributed by atoms with Crippen molar-refractivity contribution in [3.05, 3.63) is 77.4 Å². The fourth-order valence-corrected chi connectivity index (χ4v) is 3.78. The van der Waals surface area contributed by atoms with E-state index in [1.54, 1.807) is 0 Å². The predicted molar refractivity (Wildman–Crippen MR) is 92.2 cm³/mol. The molecule has 0 radical (unpaired) electrons. The van der Waals surface area contributed by atoms with Gasteiger partial charge in [-0.1, -0.05) is 48.5 Å². The minimum Gasteiger partial charge on any atom is -0.247 e. The van der Waals surface area contributed by atoms with Crippen molar-refractivity contribution in [2.24, 2.45) is 0 Å². The Hall–Kier alpha value is -2.67. The number of hydrogen-bond donors (Lipinski definition) is 0. The first-order valence-electron chi connectivity index (χ1n) is 7.71. The van der Waals surface area contributed by atoms with E-state index >= 15 is 0 Å². The van der Waals surface area contributed by atoms with Crippen LogP contribution < -0.4 is 0 Å². The Kier molecular flexibility index (Phi) is 2.26. The van der Waals surface area contributed by atoms with Gasteiger partial charge in [-0.25, -0.2) is 4.98 Å². The smallest absolute Gasteiger partial charge is 0.0750 e. The third kappa shape index (κ3) is 1.51. The first-order valence-corrected chi connectivity index (χ1v) is 7.71. The Morgan fingerprint density at radius 3 is 2.45 bits per heavy atom. The van der Waals surface area contributed by atoms with Gasteiger partial charge in [0.15, 0.2) is 0 Å². The SMILES string of the molecule is Cc1c2c(cc3ccccc13)Cc1cc3ccccc3nc1-2. The lowest BCUT2D eigenvalue weighted by molar-refractivity contribution is 1.26. The van der Waals surface area contributed by atoms with Crippen molar-refractivity contribution in [1.29, 1.82) is 0 Å². The van der Waals surface area contributed by atoms with Crippen LogP contribution in [0.2, 0.25) is 0 Å². The number of rotatable bonds is 0. The molecule has 1 aliphatic rings. The van der Waals surface area contributed by atoms with Crippen LogP contribution in [0.3, 0.4) is 0 Å². The monoisotopic (exact) mass is 281 g/mol. The molecule has 0 fully saturated rings. The van der Waals surface area contributed by atoms with E-state index in [-0.39, 0.29) is 0 Å². The molecule has 3 aromatic carbocycles. The van der Waals surface area contributed by atoms with Crippen molar-refractivity contribution in [1.82, 2.24) is 4.98 Å². The van der Waals surface area contributed by atoms with E-state index in [0.717, 1.165) is 11.9 Å². The van der Waals surface area contributed by atoms with Gasteiger partial charge in [0.25, 0.3) is 0 Å². The van der Waals surface area contributed by atoms with Crippen molar-refractivity contribution in [2.45, 2.75) is 13.3 Å². The molecule has 0 unspecified atom stereocenters. The van der Waals surface area contributed by atoms with Gasteiger partial charge in [-0.2, -0.15) is 0 Å². The number of pyridine rings is 1. The fraction of sp³-hybridized carbons (Fsp3) is 0.0952. The quantitative estimate of drug-likeness (QED) is 0.377. The highest BCUT2D eigenvalue weighted by molar-refractivity contribution is 5.96. The second kappa shape index (κ2) is 4.17. The molecule has 0 spiro atoms. The highest BCUT2D eigenvalue weighted by Crippen LogP contribution is 2.41. The fourth-order valence-electron chi connectivity index (χ4n) is 3.78. The van der Waals surface area contributed by atoms with Gasteiger partial charge in [0.1, 0.15) is 0 Å². The van der Waals surface area contributed by atoms with E-state index in [9.17, 15) is 0 Å². The minimum absolute atomic E-state index is 0.994. The van der Waals surface area contributed by atoms with Crippen molar-refractivity contribution in [2.75, 3.05) is 0 Å². The van der Waals surface area contributed by atoms with E-state index < -0.39 is 0 Å². The molecule has 0 aliphatic heterocycles. The van der Waals surface area contributed by atoms with Crippen molar-refractivity contribution < 1.29 is 0 Å². The molecule has 0 amide bonds. The van der Waals surface area contributed by atoms with Crippen LogP contribution in [-0.4, -0.2) is 4.98 Å². The maximum Gasteiger partial charge on any atom is 0.0750 e. The Morgan fingerprint density at radius 2 is 1.55 bits per heavy atom. The average Bonchev–Trinajstić information content (AvgIpc) is 2.90. The van der Waals surface area contributed by atoms with Crippen LogP contribution in [0, 0.1) is 6.92 Å². The lowest BCUT2D eigenvalue weighted by Crippen LogP contribution is -1.89. The Balaban J connectivity index is 1.89.